The van der Waals surface area contributed by atoms with Crippen molar-refractivity contribution in [1.29, 1.82) is 5.26 Å². The Morgan fingerprint density at radius 3 is 2.81 bits per heavy atom. The van der Waals surface area contributed by atoms with Crippen LogP contribution in [0.4, 0.5) is 5.88 Å². The Morgan fingerprint density at radius 2 is 2.00 bits per heavy atom. The van der Waals surface area contributed by atoms with Gasteiger partial charge in [0.15, 0.2) is 0 Å². The molecule has 4 nitrogen and oxygen atoms in total. The summed E-state index contributed by atoms with van der Waals surface area (Å²) < 4.78 is 5.65. The van der Waals surface area contributed by atoms with E-state index in [2.05, 4.69) is 40.6 Å². The molecular formula is C17H15N3O. The molecule has 0 unspecified atom stereocenters. The third-order valence-electron chi connectivity index (χ3n) is 3.34. The molecule has 1 N–H and O–H groups in total. The molecule has 0 radical (unpaired) electrons. The molecule has 0 aliphatic heterocycles. The third-order valence-corrected chi connectivity index (χ3v) is 3.34. The number of fused-ring (bicyclic) bond motifs is 1. The number of rotatable bonds is 4. The molecule has 0 saturated carbocycles. The van der Waals surface area contributed by atoms with Gasteiger partial charge in [-0.15, -0.1) is 0 Å². The van der Waals surface area contributed by atoms with Crippen molar-refractivity contribution in [3.8, 4) is 6.07 Å². The lowest BCUT2D eigenvalue weighted by atomic mass is 10.0. The van der Waals surface area contributed by atoms with Gasteiger partial charge < -0.3 is 9.73 Å². The summed E-state index contributed by atoms with van der Waals surface area (Å²) in [5.74, 6) is 1.01. The van der Waals surface area contributed by atoms with Crippen LogP contribution in [0, 0.1) is 11.3 Å². The smallest absolute Gasteiger partial charge is 0.232 e. The molecule has 21 heavy (non-hydrogen) atoms. The number of nitriles is 1. The van der Waals surface area contributed by atoms with E-state index < -0.39 is 0 Å². The molecule has 0 bridgehead atoms. The molecule has 0 aliphatic rings. The average Bonchev–Trinajstić information content (AvgIpc) is 2.90. The average molecular weight is 277 g/mol. The van der Waals surface area contributed by atoms with Crippen molar-refractivity contribution in [2.75, 3.05) is 11.9 Å². The van der Waals surface area contributed by atoms with Gasteiger partial charge in [0.2, 0.25) is 17.5 Å². The van der Waals surface area contributed by atoms with Gasteiger partial charge >= 0.3 is 0 Å². The first-order chi connectivity index (χ1) is 10.3. The number of oxazole rings is 1. The fourth-order valence-corrected chi connectivity index (χ4v) is 2.41. The normalized spacial score (nSPS) is 10.5. The first-order valence-corrected chi connectivity index (χ1v) is 6.92. The number of benzene rings is 2. The molecule has 4 heteroatoms. The van der Waals surface area contributed by atoms with E-state index in [-0.39, 0.29) is 0 Å². The number of aromatic nitrogens is 1. The van der Waals surface area contributed by atoms with E-state index in [0.29, 0.717) is 30.4 Å². The van der Waals surface area contributed by atoms with Crippen LogP contribution in [0.3, 0.4) is 0 Å². The number of nitrogens with zero attached hydrogens (tertiary/aromatic N) is 2. The summed E-state index contributed by atoms with van der Waals surface area (Å²) in [5, 5.41) is 14.5. The lowest BCUT2D eigenvalue weighted by molar-refractivity contribution is 0.519. The second kappa shape index (κ2) is 5.68. The SMILES string of the molecule is CCNc1oc(Cc2cccc3ccccc23)nc1C#N. The van der Waals surface area contributed by atoms with Crippen molar-refractivity contribution in [2.24, 2.45) is 0 Å². The van der Waals surface area contributed by atoms with E-state index in [4.69, 9.17) is 9.68 Å². The highest BCUT2D eigenvalue weighted by molar-refractivity contribution is 5.85. The number of hydrogen-bond acceptors (Lipinski definition) is 4. The molecule has 0 atom stereocenters. The summed E-state index contributed by atoms with van der Waals surface area (Å²) in [6, 6.07) is 16.4. The zero-order valence-electron chi connectivity index (χ0n) is 11.8. The summed E-state index contributed by atoms with van der Waals surface area (Å²) in [5.41, 5.74) is 1.45. The predicted molar refractivity (Wildman–Crippen MR) is 82.1 cm³/mol. The van der Waals surface area contributed by atoms with Gasteiger partial charge in [-0.05, 0) is 23.3 Å². The van der Waals surface area contributed by atoms with Crippen LogP contribution in [0.1, 0.15) is 24.1 Å². The van der Waals surface area contributed by atoms with Crippen molar-refractivity contribution in [1.82, 2.24) is 4.98 Å². The summed E-state index contributed by atoms with van der Waals surface area (Å²) >= 11 is 0. The molecular weight excluding hydrogens is 262 g/mol. The van der Waals surface area contributed by atoms with Gasteiger partial charge in [0.05, 0.1) is 6.42 Å². The molecule has 0 saturated heterocycles. The zero-order valence-corrected chi connectivity index (χ0v) is 11.8. The first-order valence-electron chi connectivity index (χ1n) is 6.92. The molecule has 104 valence electrons. The third kappa shape index (κ3) is 2.59. The summed E-state index contributed by atoms with van der Waals surface area (Å²) in [4.78, 5) is 4.26. The topological polar surface area (TPSA) is 61.9 Å². The monoisotopic (exact) mass is 277 g/mol. The van der Waals surface area contributed by atoms with Crippen LogP contribution >= 0.6 is 0 Å². The second-order valence-corrected chi connectivity index (χ2v) is 4.74. The highest BCUT2D eigenvalue weighted by atomic mass is 16.4. The number of nitrogens with one attached hydrogen (secondary N) is 1. The predicted octanol–water partition coefficient (Wildman–Crippen LogP) is 3.72. The van der Waals surface area contributed by atoms with Crippen LogP contribution in [0.25, 0.3) is 10.8 Å². The highest BCUT2D eigenvalue weighted by Gasteiger charge is 2.13. The second-order valence-electron chi connectivity index (χ2n) is 4.74. The van der Waals surface area contributed by atoms with E-state index in [1.54, 1.807) is 0 Å². The van der Waals surface area contributed by atoms with Crippen LogP contribution in [-0.4, -0.2) is 11.5 Å². The van der Waals surface area contributed by atoms with Gasteiger partial charge in [-0.25, -0.2) is 4.98 Å². The van der Waals surface area contributed by atoms with Crippen LogP contribution in [0.5, 0.6) is 0 Å². The molecule has 0 amide bonds. The van der Waals surface area contributed by atoms with Gasteiger partial charge in [0.25, 0.3) is 0 Å². The minimum atomic E-state index is 0.312. The van der Waals surface area contributed by atoms with Gasteiger partial charge in [0.1, 0.15) is 6.07 Å². The lowest BCUT2D eigenvalue weighted by Gasteiger charge is -2.04. The van der Waals surface area contributed by atoms with E-state index in [0.717, 1.165) is 5.56 Å². The maximum absolute atomic E-state index is 9.08. The molecule has 0 spiro atoms. The van der Waals surface area contributed by atoms with Crippen molar-refractivity contribution >= 4 is 16.7 Å². The lowest BCUT2D eigenvalue weighted by Crippen LogP contribution is -1.96. The van der Waals surface area contributed by atoms with Gasteiger partial charge in [-0.2, -0.15) is 5.26 Å². The van der Waals surface area contributed by atoms with Crippen molar-refractivity contribution in [2.45, 2.75) is 13.3 Å². The summed E-state index contributed by atoms with van der Waals surface area (Å²) in [6.07, 6.45) is 0.571. The number of anilines is 1. The van der Waals surface area contributed by atoms with Crippen LogP contribution in [0.2, 0.25) is 0 Å². The fourth-order valence-electron chi connectivity index (χ4n) is 2.41. The van der Waals surface area contributed by atoms with Crippen LogP contribution < -0.4 is 5.32 Å². The maximum Gasteiger partial charge on any atom is 0.232 e. The minimum Gasteiger partial charge on any atom is -0.423 e. The maximum atomic E-state index is 9.08. The Balaban J connectivity index is 1.97. The minimum absolute atomic E-state index is 0.312. The molecule has 3 rings (SSSR count). The van der Waals surface area contributed by atoms with Crippen molar-refractivity contribution in [3.63, 3.8) is 0 Å². The summed E-state index contributed by atoms with van der Waals surface area (Å²) in [7, 11) is 0. The Kier molecular flexibility index (Phi) is 3.57. The highest BCUT2D eigenvalue weighted by Crippen LogP contribution is 2.23. The van der Waals surface area contributed by atoms with Crippen LogP contribution in [0.15, 0.2) is 46.9 Å². The quantitative estimate of drug-likeness (QED) is 0.789. The zero-order chi connectivity index (χ0) is 14.7. The largest absolute Gasteiger partial charge is 0.423 e. The molecule has 1 aromatic heterocycles. The van der Waals surface area contributed by atoms with Crippen LogP contribution in [-0.2, 0) is 6.42 Å². The van der Waals surface area contributed by atoms with E-state index >= 15 is 0 Å². The molecule has 0 aliphatic carbocycles. The number of hydrogen-bond donors (Lipinski definition) is 1. The van der Waals surface area contributed by atoms with E-state index in [1.807, 2.05) is 25.1 Å². The molecule has 1 heterocycles. The summed E-state index contributed by atoms with van der Waals surface area (Å²) in [6.45, 7) is 2.64. The van der Waals surface area contributed by atoms with Crippen molar-refractivity contribution in [3.05, 3.63) is 59.6 Å². The van der Waals surface area contributed by atoms with E-state index in [1.165, 1.54) is 10.8 Å². The standard InChI is InChI=1S/C17H15N3O/c1-2-19-17-15(11-18)20-16(21-17)10-13-8-5-7-12-6-3-4-9-14(12)13/h3-9,19H,2,10H2,1H3. The van der Waals surface area contributed by atoms with E-state index in [9.17, 15) is 0 Å². The van der Waals surface area contributed by atoms with Crippen molar-refractivity contribution < 1.29 is 4.42 Å². The van der Waals surface area contributed by atoms with Gasteiger partial charge in [-0.1, -0.05) is 42.5 Å². The Bertz CT molecular complexity index is 809. The Hall–Kier alpha value is -2.80. The van der Waals surface area contributed by atoms with Gasteiger partial charge in [0, 0.05) is 6.54 Å². The first kappa shape index (κ1) is 13.2. The Labute approximate surface area is 123 Å². The molecule has 2 aromatic carbocycles. The molecule has 3 aromatic rings. The Morgan fingerprint density at radius 1 is 1.19 bits per heavy atom. The van der Waals surface area contributed by atoms with Gasteiger partial charge in [-0.3, -0.25) is 0 Å². The fraction of sp³-hybridized carbons (Fsp3) is 0.176. The molecule has 0 fully saturated rings.